The first kappa shape index (κ1) is 13.3. The first-order chi connectivity index (χ1) is 9.27. The number of rotatable bonds is 6. The van der Waals surface area contributed by atoms with Crippen LogP contribution in [0, 0.1) is 0 Å². The molecule has 0 aromatic heterocycles. The molecule has 0 aliphatic carbocycles. The number of aromatic hydroxyl groups is 1. The molecule has 2 aromatic rings. The number of benzene rings is 2. The lowest BCUT2D eigenvalue weighted by Crippen LogP contribution is -1.99. The average molecular weight is 254 g/mol. The van der Waals surface area contributed by atoms with Crippen molar-refractivity contribution in [1.29, 1.82) is 0 Å². The Morgan fingerprint density at radius 3 is 2.32 bits per heavy atom. The van der Waals surface area contributed by atoms with Crippen molar-refractivity contribution in [3.8, 4) is 5.75 Å². The van der Waals surface area contributed by atoms with Crippen molar-refractivity contribution in [2.24, 2.45) is 0 Å². The van der Waals surface area contributed by atoms with E-state index in [1.165, 1.54) is 5.56 Å². The summed E-state index contributed by atoms with van der Waals surface area (Å²) in [6.45, 7) is 0. The van der Waals surface area contributed by atoms with Crippen LogP contribution in [0.25, 0.3) is 0 Å². The SMILES string of the molecule is O=C(CCCCc1ccccc1)c1ccccc1O. The van der Waals surface area contributed by atoms with E-state index in [4.69, 9.17) is 0 Å². The largest absolute Gasteiger partial charge is 0.507 e. The second-order valence-electron chi connectivity index (χ2n) is 4.63. The van der Waals surface area contributed by atoms with Crippen LogP contribution in [0.1, 0.15) is 35.2 Å². The zero-order chi connectivity index (χ0) is 13.5. The van der Waals surface area contributed by atoms with Crippen LogP contribution < -0.4 is 0 Å². The van der Waals surface area contributed by atoms with Gasteiger partial charge in [-0.1, -0.05) is 42.5 Å². The minimum Gasteiger partial charge on any atom is -0.507 e. The number of aryl methyl sites for hydroxylation is 1. The Balaban J connectivity index is 1.77. The highest BCUT2D eigenvalue weighted by Crippen LogP contribution is 2.18. The second-order valence-corrected chi connectivity index (χ2v) is 4.63. The average Bonchev–Trinajstić information content (AvgIpc) is 2.45. The number of hydrogen-bond acceptors (Lipinski definition) is 2. The molecule has 2 nitrogen and oxygen atoms in total. The molecule has 0 heterocycles. The molecular weight excluding hydrogens is 236 g/mol. The van der Waals surface area contributed by atoms with Gasteiger partial charge in [0.05, 0.1) is 5.56 Å². The lowest BCUT2D eigenvalue weighted by molar-refractivity contribution is 0.0977. The molecule has 0 bridgehead atoms. The molecular formula is C17H18O2. The fourth-order valence-electron chi connectivity index (χ4n) is 2.10. The van der Waals surface area contributed by atoms with Crippen molar-refractivity contribution in [2.45, 2.75) is 25.7 Å². The summed E-state index contributed by atoms with van der Waals surface area (Å²) < 4.78 is 0. The third-order valence-corrected chi connectivity index (χ3v) is 3.17. The van der Waals surface area contributed by atoms with Gasteiger partial charge < -0.3 is 5.11 Å². The number of carbonyl (C=O) groups is 1. The second kappa shape index (κ2) is 6.74. The summed E-state index contributed by atoms with van der Waals surface area (Å²) in [5, 5.41) is 9.59. The van der Waals surface area contributed by atoms with E-state index >= 15 is 0 Å². The highest BCUT2D eigenvalue weighted by molar-refractivity contribution is 5.98. The van der Waals surface area contributed by atoms with E-state index < -0.39 is 0 Å². The van der Waals surface area contributed by atoms with Crippen molar-refractivity contribution in [1.82, 2.24) is 0 Å². The first-order valence-corrected chi connectivity index (χ1v) is 6.62. The minimum atomic E-state index is 0.0196. The molecule has 19 heavy (non-hydrogen) atoms. The van der Waals surface area contributed by atoms with Crippen LogP contribution in [-0.4, -0.2) is 10.9 Å². The van der Waals surface area contributed by atoms with Gasteiger partial charge in [0.2, 0.25) is 0 Å². The number of Topliss-reactive ketones (excluding diaryl/α,β-unsaturated/α-hetero) is 1. The van der Waals surface area contributed by atoms with Crippen LogP contribution in [0.3, 0.4) is 0 Å². The number of phenolic OH excluding ortho intramolecular Hbond substituents is 1. The Morgan fingerprint density at radius 2 is 1.58 bits per heavy atom. The van der Waals surface area contributed by atoms with Crippen LogP contribution in [0.15, 0.2) is 54.6 Å². The number of hydrogen-bond donors (Lipinski definition) is 1. The van der Waals surface area contributed by atoms with Crippen molar-refractivity contribution in [3.63, 3.8) is 0 Å². The number of ketones is 1. The Kier molecular flexibility index (Phi) is 4.73. The van der Waals surface area contributed by atoms with Gasteiger partial charge in [-0.3, -0.25) is 4.79 Å². The Morgan fingerprint density at radius 1 is 0.895 bits per heavy atom. The third-order valence-electron chi connectivity index (χ3n) is 3.17. The molecule has 0 radical (unpaired) electrons. The van der Waals surface area contributed by atoms with E-state index in [1.54, 1.807) is 24.3 Å². The molecule has 2 aromatic carbocycles. The summed E-state index contributed by atoms with van der Waals surface area (Å²) in [5.74, 6) is 0.0988. The van der Waals surface area contributed by atoms with Crippen LogP contribution in [0.4, 0.5) is 0 Å². The van der Waals surface area contributed by atoms with Gasteiger partial charge in [0.15, 0.2) is 5.78 Å². The standard InChI is InChI=1S/C17H18O2/c18-16(15-11-5-7-13-17(15)19)12-6-4-10-14-8-2-1-3-9-14/h1-3,5,7-9,11,13,19H,4,6,10,12H2. The topological polar surface area (TPSA) is 37.3 Å². The fourth-order valence-corrected chi connectivity index (χ4v) is 2.10. The van der Waals surface area contributed by atoms with Gasteiger partial charge in [-0.25, -0.2) is 0 Å². The Hall–Kier alpha value is -2.09. The van der Waals surface area contributed by atoms with Gasteiger partial charge in [-0.05, 0) is 37.0 Å². The molecule has 0 aliphatic rings. The number of unbranched alkanes of at least 4 members (excludes halogenated alkanes) is 1. The molecule has 0 saturated heterocycles. The van der Waals surface area contributed by atoms with E-state index in [2.05, 4.69) is 12.1 Å². The maximum absolute atomic E-state index is 11.9. The predicted octanol–water partition coefficient (Wildman–Crippen LogP) is 3.99. The molecule has 0 aliphatic heterocycles. The summed E-state index contributed by atoms with van der Waals surface area (Å²) >= 11 is 0. The van der Waals surface area contributed by atoms with Gasteiger partial charge >= 0.3 is 0 Å². The maximum atomic E-state index is 11.9. The van der Waals surface area contributed by atoms with E-state index in [-0.39, 0.29) is 11.5 Å². The molecule has 0 saturated carbocycles. The summed E-state index contributed by atoms with van der Waals surface area (Å²) in [7, 11) is 0. The lowest BCUT2D eigenvalue weighted by atomic mass is 10.0. The van der Waals surface area contributed by atoms with Crippen molar-refractivity contribution in [3.05, 3.63) is 65.7 Å². The van der Waals surface area contributed by atoms with Crippen LogP contribution in [0.2, 0.25) is 0 Å². The number of carbonyl (C=O) groups excluding carboxylic acids is 1. The van der Waals surface area contributed by atoms with Crippen LogP contribution in [-0.2, 0) is 6.42 Å². The quantitative estimate of drug-likeness (QED) is 0.625. The number of para-hydroxylation sites is 1. The first-order valence-electron chi connectivity index (χ1n) is 6.62. The smallest absolute Gasteiger partial charge is 0.166 e. The van der Waals surface area contributed by atoms with E-state index in [9.17, 15) is 9.90 Å². The molecule has 0 amide bonds. The predicted molar refractivity (Wildman–Crippen MR) is 76.4 cm³/mol. The molecule has 2 rings (SSSR count). The van der Waals surface area contributed by atoms with Gasteiger partial charge in [-0.15, -0.1) is 0 Å². The summed E-state index contributed by atoms with van der Waals surface area (Å²) in [4.78, 5) is 11.9. The Labute approximate surface area is 113 Å². The van der Waals surface area contributed by atoms with Crippen LogP contribution in [0.5, 0.6) is 5.75 Å². The van der Waals surface area contributed by atoms with Crippen molar-refractivity contribution < 1.29 is 9.90 Å². The highest BCUT2D eigenvalue weighted by atomic mass is 16.3. The number of phenols is 1. The zero-order valence-corrected chi connectivity index (χ0v) is 10.9. The molecule has 0 spiro atoms. The maximum Gasteiger partial charge on any atom is 0.166 e. The molecule has 0 unspecified atom stereocenters. The van der Waals surface area contributed by atoms with E-state index in [0.717, 1.165) is 19.3 Å². The normalized spacial score (nSPS) is 10.3. The van der Waals surface area contributed by atoms with E-state index in [0.29, 0.717) is 12.0 Å². The fraction of sp³-hybridized carbons (Fsp3) is 0.235. The summed E-state index contributed by atoms with van der Waals surface area (Å²) in [6.07, 6.45) is 3.32. The molecule has 2 heteroatoms. The van der Waals surface area contributed by atoms with Crippen molar-refractivity contribution in [2.75, 3.05) is 0 Å². The van der Waals surface area contributed by atoms with Gasteiger partial charge in [0.25, 0.3) is 0 Å². The molecule has 98 valence electrons. The van der Waals surface area contributed by atoms with Crippen LogP contribution >= 0.6 is 0 Å². The summed E-state index contributed by atoms with van der Waals surface area (Å²) in [6, 6.07) is 17.0. The molecule has 0 atom stereocenters. The molecule has 1 N–H and O–H groups in total. The Bertz CT molecular complexity index is 532. The van der Waals surface area contributed by atoms with Gasteiger partial charge in [-0.2, -0.15) is 0 Å². The van der Waals surface area contributed by atoms with Gasteiger partial charge in [0, 0.05) is 6.42 Å². The monoisotopic (exact) mass is 254 g/mol. The summed E-state index contributed by atoms with van der Waals surface area (Å²) in [5.41, 5.74) is 1.74. The lowest BCUT2D eigenvalue weighted by Gasteiger charge is -2.04. The van der Waals surface area contributed by atoms with Gasteiger partial charge in [0.1, 0.15) is 5.75 Å². The third kappa shape index (κ3) is 3.95. The zero-order valence-electron chi connectivity index (χ0n) is 10.9. The molecule has 0 fully saturated rings. The highest BCUT2D eigenvalue weighted by Gasteiger charge is 2.09. The van der Waals surface area contributed by atoms with Crippen molar-refractivity contribution >= 4 is 5.78 Å². The van der Waals surface area contributed by atoms with E-state index in [1.807, 2.05) is 18.2 Å². The minimum absolute atomic E-state index is 0.0196.